The number of nitrogens with one attached hydrogen (secondary N) is 1. The van der Waals surface area contributed by atoms with Gasteiger partial charge in [0.05, 0.1) is 16.2 Å². The number of rotatable bonds is 3. The standard InChI is InChI=1S/C11H7BrFN5O/c12-8-5-16-11(18-15)17-10(8)19-7-2-1-6(4-14)9(13)3-7/h1-3,5H,15H2,(H,16,17,18). The zero-order valence-electron chi connectivity index (χ0n) is 9.39. The smallest absolute Gasteiger partial charge is 0.240 e. The summed E-state index contributed by atoms with van der Waals surface area (Å²) in [5, 5.41) is 8.63. The lowest BCUT2D eigenvalue weighted by Crippen LogP contribution is -2.10. The molecule has 0 aliphatic heterocycles. The fourth-order valence-electron chi connectivity index (χ4n) is 1.25. The summed E-state index contributed by atoms with van der Waals surface area (Å²) in [7, 11) is 0. The van der Waals surface area contributed by atoms with Gasteiger partial charge in [0.1, 0.15) is 17.6 Å². The Labute approximate surface area is 116 Å². The average molecular weight is 324 g/mol. The third-order valence-corrected chi connectivity index (χ3v) is 2.66. The first kappa shape index (κ1) is 13.2. The number of hydrogen-bond donors (Lipinski definition) is 2. The normalized spacial score (nSPS) is 9.79. The fourth-order valence-corrected chi connectivity index (χ4v) is 1.53. The summed E-state index contributed by atoms with van der Waals surface area (Å²) >= 11 is 3.20. The van der Waals surface area contributed by atoms with Gasteiger partial charge in [0.2, 0.25) is 11.8 Å². The number of halogens is 2. The Kier molecular flexibility index (Phi) is 3.89. The maximum atomic E-state index is 13.4. The minimum atomic E-state index is -0.664. The molecule has 0 spiro atoms. The molecule has 0 aliphatic rings. The van der Waals surface area contributed by atoms with Crippen molar-refractivity contribution < 1.29 is 9.13 Å². The van der Waals surface area contributed by atoms with Gasteiger partial charge >= 0.3 is 0 Å². The van der Waals surface area contributed by atoms with Crippen LogP contribution in [0.5, 0.6) is 11.6 Å². The van der Waals surface area contributed by atoms with Crippen LogP contribution in [0.1, 0.15) is 5.56 Å². The summed E-state index contributed by atoms with van der Waals surface area (Å²) in [5.74, 6) is 5.06. The number of hydrogen-bond acceptors (Lipinski definition) is 6. The molecule has 0 unspecified atom stereocenters. The van der Waals surface area contributed by atoms with E-state index in [1.807, 2.05) is 0 Å². The van der Waals surface area contributed by atoms with Crippen LogP contribution in [-0.4, -0.2) is 9.97 Å². The molecule has 6 nitrogen and oxygen atoms in total. The molecule has 0 fully saturated rings. The van der Waals surface area contributed by atoms with Crippen LogP contribution >= 0.6 is 15.9 Å². The minimum Gasteiger partial charge on any atom is -0.438 e. The second-order valence-electron chi connectivity index (χ2n) is 3.35. The molecular weight excluding hydrogens is 317 g/mol. The molecule has 0 amide bonds. The summed E-state index contributed by atoms with van der Waals surface area (Å²) in [6.45, 7) is 0. The van der Waals surface area contributed by atoms with E-state index in [0.717, 1.165) is 6.07 Å². The lowest BCUT2D eigenvalue weighted by Gasteiger charge is -2.08. The molecular formula is C11H7BrFN5O. The van der Waals surface area contributed by atoms with Crippen molar-refractivity contribution in [2.45, 2.75) is 0 Å². The van der Waals surface area contributed by atoms with E-state index in [1.165, 1.54) is 18.3 Å². The summed E-state index contributed by atoms with van der Waals surface area (Å²) in [6.07, 6.45) is 1.44. The molecule has 0 bridgehead atoms. The molecule has 0 radical (unpaired) electrons. The first-order valence-electron chi connectivity index (χ1n) is 5.00. The molecule has 0 atom stereocenters. The number of nitrogens with zero attached hydrogens (tertiary/aromatic N) is 3. The summed E-state index contributed by atoms with van der Waals surface area (Å²) < 4.78 is 19.3. The van der Waals surface area contributed by atoms with Gasteiger partial charge < -0.3 is 4.74 Å². The maximum Gasteiger partial charge on any atom is 0.240 e. The van der Waals surface area contributed by atoms with Crippen molar-refractivity contribution in [2.75, 3.05) is 5.43 Å². The molecule has 0 saturated heterocycles. The molecule has 1 aromatic heterocycles. The van der Waals surface area contributed by atoms with Crippen LogP contribution in [0, 0.1) is 17.1 Å². The van der Waals surface area contributed by atoms with Crippen molar-refractivity contribution in [1.29, 1.82) is 5.26 Å². The average Bonchev–Trinajstić information content (AvgIpc) is 2.41. The first-order chi connectivity index (χ1) is 9.13. The van der Waals surface area contributed by atoms with Gasteiger partial charge in [0.15, 0.2) is 0 Å². The lowest BCUT2D eigenvalue weighted by atomic mass is 10.2. The van der Waals surface area contributed by atoms with E-state index in [1.54, 1.807) is 6.07 Å². The van der Waals surface area contributed by atoms with Gasteiger partial charge in [-0.1, -0.05) is 0 Å². The van der Waals surface area contributed by atoms with Gasteiger partial charge in [-0.25, -0.2) is 15.2 Å². The van der Waals surface area contributed by atoms with E-state index in [-0.39, 0.29) is 23.1 Å². The van der Waals surface area contributed by atoms with E-state index in [2.05, 4.69) is 31.3 Å². The van der Waals surface area contributed by atoms with Crippen molar-refractivity contribution in [3.05, 3.63) is 40.2 Å². The number of anilines is 1. The molecule has 19 heavy (non-hydrogen) atoms. The highest BCUT2D eigenvalue weighted by molar-refractivity contribution is 9.10. The molecule has 2 aromatic rings. The third kappa shape index (κ3) is 2.96. The molecule has 3 N–H and O–H groups in total. The Morgan fingerprint density at radius 2 is 2.26 bits per heavy atom. The number of hydrazine groups is 1. The van der Waals surface area contributed by atoms with E-state index in [0.29, 0.717) is 4.47 Å². The first-order valence-corrected chi connectivity index (χ1v) is 5.80. The molecule has 2 rings (SSSR count). The van der Waals surface area contributed by atoms with Crippen LogP contribution in [0.15, 0.2) is 28.9 Å². The molecule has 1 aromatic carbocycles. The molecule has 1 heterocycles. The minimum absolute atomic E-state index is 0.0570. The van der Waals surface area contributed by atoms with Gasteiger partial charge in [0.25, 0.3) is 0 Å². The molecule has 96 valence electrons. The van der Waals surface area contributed by atoms with Gasteiger partial charge in [-0.3, -0.25) is 5.43 Å². The third-order valence-electron chi connectivity index (χ3n) is 2.12. The highest BCUT2D eigenvalue weighted by Crippen LogP contribution is 2.28. The lowest BCUT2D eigenvalue weighted by molar-refractivity contribution is 0.454. The van der Waals surface area contributed by atoms with Crippen molar-refractivity contribution in [1.82, 2.24) is 9.97 Å². The molecule has 0 aliphatic carbocycles. The quantitative estimate of drug-likeness (QED) is 0.664. The van der Waals surface area contributed by atoms with Gasteiger partial charge in [0, 0.05) is 6.07 Å². The van der Waals surface area contributed by atoms with Gasteiger partial charge in [-0.05, 0) is 28.1 Å². The van der Waals surface area contributed by atoms with Crippen LogP contribution in [0.2, 0.25) is 0 Å². The Hall–Kier alpha value is -2.24. The van der Waals surface area contributed by atoms with E-state index >= 15 is 0 Å². The SMILES string of the molecule is N#Cc1ccc(Oc2nc(NN)ncc2Br)cc1F. The van der Waals surface area contributed by atoms with E-state index < -0.39 is 5.82 Å². The van der Waals surface area contributed by atoms with E-state index in [4.69, 9.17) is 15.8 Å². The van der Waals surface area contributed by atoms with Crippen molar-refractivity contribution in [2.24, 2.45) is 5.84 Å². The summed E-state index contributed by atoms with van der Waals surface area (Å²) in [4.78, 5) is 7.81. The van der Waals surface area contributed by atoms with Gasteiger partial charge in [-0.2, -0.15) is 10.2 Å². The number of nitrogens with two attached hydrogens (primary N) is 1. The fraction of sp³-hybridized carbons (Fsp3) is 0. The Morgan fingerprint density at radius 1 is 1.47 bits per heavy atom. The predicted octanol–water partition coefficient (Wildman–Crippen LogP) is 2.33. The van der Waals surface area contributed by atoms with Crippen LogP contribution < -0.4 is 16.0 Å². The van der Waals surface area contributed by atoms with Crippen LogP contribution in [0.4, 0.5) is 10.3 Å². The molecule has 8 heteroatoms. The van der Waals surface area contributed by atoms with Crippen LogP contribution in [0.3, 0.4) is 0 Å². The number of aromatic nitrogens is 2. The zero-order valence-corrected chi connectivity index (χ0v) is 11.0. The van der Waals surface area contributed by atoms with Crippen molar-refractivity contribution in [3.63, 3.8) is 0 Å². The largest absolute Gasteiger partial charge is 0.438 e. The van der Waals surface area contributed by atoms with Crippen LogP contribution in [0.25, 0.3) is 0 Å². The van der Waals surface area contributed by atoms with Crippen molar-refractivity contribution >= 4 is 21.9 Å². The van der Waals surface area contributed by atoms with Crippen LogP contribution in [-0.2, 0) is 0 Å². The second kappa shape index (κ2) is 5.60. The number of benzene rings is 1. The Morgan fingerprint density at radius 3 is 2.89 bits per heavy atom. The number of ether oxygens (including phenoxy) is 1. The topological polar surface area (TPSA) is 96.8 Å². The maximum absolute atomic E-state index is 13.4. The number of nitrogen functional groups attached to an aromatic ring is 1. The predicted molar refractivity (Wildman–Crippen MR) is 68.7 cm³/mol. The Bertz CT molecular complexity index is 658. The highest BCUT2D eigenvalue weighted by Gasteiger charge is 2.09. The zero-order chi connectivity index (χ0) is 13.8. The summed E-state index contributed by atoms with van der Waals surface area (Å²) in [5.41, 5.74) is 2.21. The summed E-state index contributed by atoms with van der Waals surface area (Å²) in [6, 6.07) is 5.61. The highest BCUT2D eigenvalue weighted by atomic mass is 79.9. The monoisotopic (exact) mass is 323 g/mol. The van der Waals surface area contributed by atoms with Gasteiger partial charge in [-0.15, -0.1) is 0 Å². The van der Waals surface area contributed by atoms with Crippen molar-refractivity contribution in [3.8, 4) is 17.7 Å². The van der Waals surface area contributed by atoms with E-state index in [9.17, 15) is 4.39 Å². The second-order valence-corrected chi connectivity index (χ2v) is 4.20. The Balaban J connectivity index is 2.31. The molecule has 0 saturated carbocycles. The number of nitriles is 1.